The van der Waals surface area contributed by atoms with E-state index in [1.54, 1.807) is 0 Å². The van der Waals surface area contributed by atoms with Crippen molar-refractivity contribution in [2.45, 2.75) is 51.3 Å². The summed E-state index contributed by atoms with van der Waals surface area (Å²) in [5.41, 5.74) is 6.07. The SMILES string of the molecule is CCC1CC(N2CC(C)C(N)C2)CCO1. The van der Waals surface area contributed by atoms with Gasteiger partial charge in [0, 0.05) is 31.8 Å². The smallest absolute Gasteiger partial charge is 0.0587 e. The Morgan fingerprint density at radius 2 is 2.20 bits per heavy atom. The molecule has 2 saturated heterocycles. The summed E-state index contributed by atoms with van der Waals surface area (Å²) in [5.74, 6) is 0.660. The van der Waals surface area contributed by atoms with Crippen LogP contribution in [-0.4, -0.2) is 42.8 Å². The maximum absolute atomic E-state index is 6.07. The van der Waals surface area contributed by atoms with E-state index in [4.69, 9.17) is 10.5 Å². The van der Waals surface area contributed by atoms with Gasteiger partial charge in [0.2, 0.25) is 0 Å². The molecule has 2 rings (SSSR count). The van der Waals surface area contributed by atoms with Gasteiger partial charge in [0.05, 0.1) is 6.10 Å². The van der Waals surface area contributed by atoms with E-state index in [1.165, 1.54) is 19.4 Å². The van der Waals surface area contributed by atoms with Gasteiger partial charge in [-0.3, -0.25) is 4.90 Å². The van der Waals surface area contributed by atoms with Gasteiger partial charge in [0.1, 0.15) is 0 Å². The van der Waals surface area contributed by atoms with Gasteiger partial charge in [0.25, 0.3) is 0 Å². The zero-order valence-corrected chi connectivity index (χ0v) is 9.98. The van der Waals surface area contributed by atoms with E-state index < -0.39 is 0 Å². The van der Waals surface area contributed by atoms with E-state index in [2.05, 4.69) is 18.7 Å². The van der Waals surface area contributed by atoms with Gasteiger partial charge in [-0.2, -0.15) is 0 Å². The highest BCUT2D eigenvalue weighted by Crippen LogP contribution is 2.26. The minimum Gasteiger partial charge on any atom is -0.378 e. The fourth-order valence-corrected chi connectivity index (χ4v) is 2.80. The average Bonchev–Trinajstić information content (AvgIpc) is 2.59. The molecule has 2 aliphatic heterocycles. The Morgan fingerprint density at radius 1 is 1.40 bits per heavy atom. The molecule has 2 heterocycles. The second-order valence-electron chi connectivity index (χ2n) is 5.17. The topological polar surface area (TPSA) is 38.5 Å². The minimum absolute atomic E-state index is 0.382. The van der Waals surface area contributed by atoms with Gasteiger partial charge >= 0.3 is 0 Å². The van der Waals surface area contributed by atoms with Crippen molar-refractivity contribution in [3.8, 4) is 0 Å². The van der Waals surface area contributed by atoms with Crippen LogP contribution >= 0.6 is 0 Å². The van der Waals surface area contributed by atoms with Crippen molar-refractivity contribution in [3.63, 3.8) is 0 Å². The fraction of sp³-hybridized carbons (Fsp3) is 1.00. The summed E-state index contributed by atoms with van der Waals surface area (Å²) in [6.45, 7) is 7.68. The van der Waals surface area contributed by atoms with Crippen molar-refractivity contribution in [2.75, 3.05) is 19.7 Å². The number of ether oxygens (including phenoxy) is 1. The molecule has 0 aromatic rings. The Balaban J connectivity index is 1.88. The molecule has 4 atom stereocenters. The van der Waals surface area contributed by atoms with Gasteiger partial charge in [0.15, 0.2) is 0 Å². The molecule has 88 valence electrons. The van der Waals surface area contributed by atoms with E-state index in [0.29, 0.717) is 18.1 Å². The Morgan fingerprint density at radius 3 is 2.80 bits per heavy atom. The van der Waals surface area contributed by atoms with Crippen molar-refractivity contribution < 1.29 is 4.74 Å². The summed E-state index contributed by atoms with van der Waals surface area (Å²) in [7, 11) is 0. The summed E-state index contributed by atoms with van der Waals surface area (Å²) in [4.78, 5) is 2.58. The standard InChI is InChI=1S/C12H24N2O/c1-3-11-6-10(4-5-15-11)14-7-9(2)12(13)8-14/h9-12H,3-8,13H2,1-2H3. The Kier molecular flexibility index (Phi) is 3.65. The second kappa shape index (κ2) is 4.81. The first-order chi connectivity index (χ1) is 7.20. The Hall–Kier alpha value is -0.120. The summed E-state index contributed by atoms with van der Waals surface area (Å²) in [6, 6.07) is 1.10. The van der Waals surface area contributed by atoms with Crippen LogP contribution in [0.1, 0.15) is 33.1 Å². The van der Waals surface area contributed by atoms with Crippen LogP contribution in [0, 0.1) is 5.92 Å². The Labute approximate surface area is 93.0 Å². The number of nitrogens with zero attached hydrogens (tertiary/aromatic N) is 1. The van der Waals surface area contributed by atoms with Crippen LogP contribution in [0.25, 0.3) is 0 Å². The molecule has 0 aromatic carbocycles. The van der Waals surface area contributed by atoms with Crippen LogP contribution in [0.15, 0.2) is 0 Å². The van der Waals surface area contributed by atoms with Crippen LogP contribution in [0.5, 0.6) is 0 Å². The highest BCUT2D eigenvalue weighted by Gasteiger charge is 2.33. The van der Waals surface area contributed by atoms with Gasteiger partial charge < -0.3 is 10.5 Å². The summed E-state index contributed by atoms with van der Waals surface area (Å²) >= 11 is 0. The number of hydrogen-bond donors (Lipinski definition) is 1. The maximum atomic E-state index is 6.07. The van der Waals surface area contributed by atoms with E-state index in [-0.39, 0.29) is 0 Å². The minimum atomic E-state index is 0.382. The molecule has 15 heavy (non-hydrogen) atoms. The highest BCUT2D eigenvalue weighted by atomic mass is 16.5. The van der Waals surface area contributed by atoms with Crippen LogP contribution in [0.2, 0.25) is 0 Å². The third-order valence-electron chi connectivity index (χ3n) is 4.01. The molecule has 0 bridgehead atoms. The van der Waals surface area contributed by atoms with E-state index in [0.717, 1.165) is 25.6 Å². The summed E-state index contributed by atoms with van der Waals surface area (Å²) < 4.78 is 5.71. The molecule has 0 saturated carbocycles. The maximum Gasteiger partial charge on any atom is 0.0587 e. The summed E-state index contributed by atoms with van der Waals surface area (Å²) in [6.07, 6.45) is 4.02. The zero-order chi connectivity index (χ0) is 10.8. The van der Waals surface area contributed by atoms with Crippen LogP contribution in [0.4, 0.5) is 0 Å². The third kappa shape index (κ3) is 2.52. The molecule has 4 unspecified atom stereocenters. The van der Waals surface area contributed by atoms with Crippen molar-refractivity contribution in [1.82, 2.24) is 4.90 Å². The summed E-state index contributed by atoms with van der Waals surface area (Å²) in [5, 5.41) is 0. The number of hydrogen-bond acceptors (Lipinski definition) is 3. The third-order valence-corrected chi connectivity index (χ3v) is 4.01. The lowest BCUT2D eigenvalue weighted by Crippen LogP contribution is -2.42. The monoisotopic (exact) mass is 212 g/mol. The number of nitrogens with two attached hydrogens (primary N) is 1. The molecule has 2 aliphatic rings. The molecule has 3 heteroatoms. The number of rotatable bonds is 2. The lowest BCUT2D eigenvalue weighted by Gasteiger charge is -2.35. The number of likely N-dealkylation sites (tertiary alicyclic amines) is 1. The van der Waals surface area contributed by atoms with Gasteiger partial charge in [-0.1, -0.05) is 13.8 Å². The quantitative estimate of drug-likeness (QED) is 0.748. The van der Waals surface area contributed by atoms with E-state index in [9.17, 15) is 0 Å². The van der Waals surface area contributed by atoms with Crippen molar-refractivity contribution in [1.29, 1.82) is 0 Å². The first kappa shape index (κ1) is 11.4. The predicted molar refractivity (Wildman–Crippen MR) is 61.8 cm³/mol. The Bertz CT molecular complexity index is 200. The molecule has 3 nitrogen and oxygen atoms in total. The molecule has 0 spiro atoms. The second-order valence-corrected chi connectivity index (χ2v) is 5.17. The average molecular weight is 212 g/mol. The van der Waals surface area contributed by atoms with Gasteiger partial charge in [-0.15, -0.1) is 0 Å². The van der Waals surface area contributed by atoms with Crippen molar-refractivity contribution in [3.05, 3.63) is 0 Å². The van der Waals surface area contributed by atoms with Crippen LogP contribution in [0.3, 0.4) is 0 Å². The predicted octanol–water partition coefficient (Wildman–Crippen LogP) is 1.22. The van der Waals surface area contributed by atoms with Crippen LogP contribution < -0.4 is 5.73 Å². The molecular weight excluding hydrogens is 188 g/mol. The lowest BCUT2D eigenvalue weighted by atomic mass is 10.0. The molecule has 0 aromatic heterocycles. The van der Waals surface area contributed by atoms with E-state index in [1.807, 2.05) is 0 Å². The van der Waals surface area contributed by atoms with Crippen molar-refractivity contribution in [2.24, 2.45) is 11.7 Å². The van der Waals surface area contributed by atoms with Gasteiger partial charge in [-0.25, -0.2) is 0 Å². The molecule has 2 N–H and O–H groups in total. The zero-order valence-electron chi connectivity index (χ0n) is 9.98. The first-order valence-corrected chi connectivity index (χ1v) is 6.32. The van der Waals surface area contributed by atoms with E-state index >= 15 is 0 Å². The van der Waals surface area contributed by atoms with Crippen LogP contribution in [-0.2, 0) is 4.74 Å². The highest BCUT2D eigenvalue weighted by molar-refractivity contribution is 4.89. The molecule has 0 amide bonds. The molecular formula is C12H24N2O. The van der Waals surface area contributed by atoms with Gasteiger partial charge in [-0.05, 0) is 25.2 Å². The van der Waals surface area contributed by atoms with Crippen molar-refractivity contribution >= 4 is 0 Å². The normalized spacial score (nSPS) is 43.4. The molecule has 0 aliphatic carbocycles. The molecule has 2 fully saturated rings. The fourth-order valence-electron chi connectivity index (χ4n) is 2.80. The lowest BCUT2D eigenvalue weighted by molar-refractivity contribution is -0.0243. The molecule has 0 radical (unpaired) electrons. The first-order valence-electron chi connectivity index (χ1n) is 6.32. The largest absolute Gasteiger partial charge is 0.378 e.